The fourth-order valence-electron chi connectivity index (χ4n) is 2.37. The van der Waals surface area contributed by atoms with E-state index >= 15 is 0 Å². The lowest BCUT2D eigenvalue weighted by Gasteiger charge is -2.13. The number of anilines is 2. The Labute approximate surface area is 143 Å². The number of hydrogen-bond donors (Lipinski definition) is 3. The normalized spacial score (nSPS) is 13.9. The van der Waals surface area contributed by atoms with Gasteiger partial charge in [-0.3, -0.25) is 9.59 Å². The third kappa shape index (κ3) is 3.55. The summed E-state index contributed by atoms with van der Waals surface area (Å²) in [4.78, 5) is 23.4. The van der Waals surface area contributed by atoms with Crippen LogP contribution < -0.4 is 16.5 Å². The number of nitrogens with zero attached hydrogens (tertiary/aromatic N) is 1. The molecule has 0 fully saturated rings. The molecule has 0 unspecified atom stereocenters. The number of halogens is 1. The number of hydrogen-bond acceptors (Lipinski definition) is 4. The zero-order chi connectivity index (χ0) is 17.1. The van der Waals surface area contributed by atoms with Crippen LogP contribution in [0.4, 0.5) is 11.4 Å². The van der Waals surface area contributed by atoms with E-state index < -0.39 is 0 Å². The van der Waals surface area contributed by atoms with Crippen molar-refractivity contribution in [2.24, 2.45) is 5.10 Å². The highest BCUT2D eigenvalue weighted by Crippen LogP contribution is 2.20. The topological polar surface area (TPSA) is 96.6 Å². The van der Waals surface area contributed by atoms with Crippen LogP contribution in [0.1, 0.15) is 28.8 Å². The number of rotatable bonds is 3. The van der Waals surface area contributed by atoms with Gasteiger partial charge in [0.25, 0.3) is 5.91 Å². The van der Waals surface area contributed by atoms with Crippen LogP contribution in [-0.4, -0.2) is 17.5 Å². The molecule has 6 nitrogen and oxygen atoms in total. The maximum Gasteiger partial charge on any atom is 0.257 e. The number of hydrazone groups is 1. The number of carbonyl (C=O) groups is 2. The van der Waals surface area contributed by atoms with E-state index in [0.29, 0.717) is 34.8 Å². The molecule has 1 aliphatic heterocycles. The first-order valence-corrected chi connectivity index (χ1v) is 7.73. The summed E-state index contributed by atoms with van der Waals surface area (Å²) in [5.74, 6) is -0.387. The molecule has 122 valence electrons. The van der Waals surface area contributed by atoms with Gasteiger partial charge in [0.2, 0.25) is 5.91 Å². The summed E-state index contributed by atoms with van der Waals surface area (Å²) in [5.41, 5.74) is 11.3. The minimum absolute atomic E-state index is 0.0804. The first kappa shape index (κ1) is 16.0. The highest BCUT2D eigenvalue weighted by molar-refractivity contribution is 6.31. The van der Waals surface area contributed by atoms with E-state index in [1.807, 2.05) is 12.1 Å². The maximum absolute atomic E-state index is 12.3. The number of nitrogens with one attached hydrogen (secondary N) is 2. The summed E-state index contributed by atoms with van der Waals surface area (Å²) in [6, 6.07) is 12.0. The molecule has 2 amide bonds. The van der Waals surface area contributed by atoms with Crippen LogP contribution >= 0.6 is 11.6 Å². The average Bonchev–Trinajstić information content (AvgIpc) is 2.56. The fourth-order valence-corrected chi connectivity index (χ4v) is 2.55. The van der Waals surface area contributed by atoms with Crippen molar-refractivity contribution >= 4 is 40.5 Å². The molecule has 0 saturated carbocycles. The molecule has 2 aromatic rings. The van der Waals surface area contributed by atoms with E-state index in [1.54, 1.807) is 24.3 Å². The number of nitrogen functional groups attached to an aromatic ring is 1. The van der Waals surface area contributed by atoms with Gasteiger partial charge < -0.3 is 11.1 Å². The van der Waals surface area contributed by atoms with Crippen LogP contribution in [0.2, 0.25) is 5.02 Å². The fraction of sp³-hybridized carbons (Fsp3) is 0.118. The second-order valence-electron chi connectivity index (χ2n) is 5.36. The zero-order valence-electron chi connectivity index (χ0n) is 12.7. The molecular weight excluding hydrogens is 328 g/mol. The average molecular weight is 343 g/mol. The number of nitrogens with two attached hydrogens (primary N) is 1. The summed E-state index contributed by atoms with van der Waals surface area (Å²) in [6.07, 6.45) is 1.02. The lowest BCUT2D eigenvalue weighted by atomic mass is 10.0. The number of amides is 2. The summed E-state index contributed by atoms with van der Waals surface area (Å²) < 4.78 is 0. The molecule has 0 aromatic heterocycles. The molecule has 1 aliphatic rings. The largest absolute Gasteiger partial charge is 0.398 e. The highest BCUT2D eigenvalue weighted by Gasteiger charge is 2.14. The second-order valence-corrected chi connectivity index (χ2v) is 5.79. The molecule has 0 spiro atoms. The quantitative estimate of drug-likeness (QED) is 0.748. The van der Waals surface area contributed by atoms with Crippen molar-refractivity contribution in [1.29, 1.82) is 0 Å². The first-order valence-electron chi connectivity index (χ1n) is 7.35. The zero-order valence-corrected chi connectivity index (χ0v) is 13.4. The van der Waals surface area contributed by atoms with Crippen LogP contribution in [0.15, 0.2) is 47.6 Å². The van der Waals surface area contributed by atoms with Crippen molar-refractivity contribution < 1.29 is 9.59 Å². The Kier molecular flexibility index (Phi) is 4.48. The van der Waals surface area contributed by atoms with Gasteiger partial charge in [-0.1, -0.05) is 23.7 Å². The molecule has 2 aromatic carbocycles. The van der Waals surface area contributed by atoms with Crippen molar-refractivity contribution in [3.8, 4) is 0 Å². The SMILES string of the molecule is Nc1cc(Cl)ccc1C(=O)Nc1ccc(C2=NNC(=O)CC2)cc1. The Balaban J connectivity index is 1.72. The third-order valence-corrected chi connectivity index (χ3v) is 3.87. The van der Waals surface area contributed by atoms with E-state index in [1.165, 1.54) is 6.07 Å². The highest BCUT2D eigenvalue weighted by atomic mass is 35.5. The minimum atomic E-state index is -0.306. The first-order chi connectivity index (χ1) is 11.5. The lowest BCUT2D eigenvalue weighted by molar-refractivity contribution is -0.121. The van der Waals surface area contributed by atoms with Gasteiger partial charge in [0.05, 0.1) is 11.3 Å². The van der Waals surface area contributed by atoms with Gasteiger partial charge in [-0.05, 0) is 35.9 Å². The Morgan fingerprint density at radius 2 is 1.92 bits per heavy atom. The van der Waals surface area contributed by atoms with Gasteiger partial charge in [0, 0.05) is 29.2 Å². The number of benzene rings is 2. The molecule has 1 heterocycles. The monoisotopic (exact) mass is 342 g/mol. The molecule has 3 rings (SSSR count). The molecule has 0 bridgehead atoms. The smallest absolute Gasteiger partial charge is 0.257 e. The molecule has 0 aliphatic carbocycles. The predicted molar refractivity (Wildman–Crippen MR) is 94.2 cm³/mol. The third-order valence-electron chi connectivity index (χ3n) is 3.64. The predicted octanol–water partition coefficient (Wildman–Crippen LogP) is 2.79. The van der Waals surface area contributed by atoms with E-state index in [2.05, 4.69) is 15.8 Å². The maximum atomic E-state index is 12.3. The molecule has 0 saturated heterocycles. The molecule has 4 N–H and O–H groups in total. The Morgan fingerprint density at radius 1 is 1.17 bits per heavy atom. The van der Waals surface area contributed by atoms with E-state index in [4.69, 9.17) is 17.3 Å². The Morgan fingerprint density at radius 3 is 2.54 bits per heavy atom. The lowest BCUT2D eigenvalue weighted by Crippen LogP contribution is -2.25. The van der Waals surface area contributed by atoms with Crippen molar-refractivity contribution in [2.75, 3.05) is 11.1 Å². The Bertz CT molecular complexity index is 831. The van der Waals surface area contributed by atoms with Crippen molar-refractivity contribution in [3.63, 3.8) is 0 Å². The molecule has 24 heavy (non-hydrogen) atoms. The van der Waals surface area contributed by atoms with Crippen LogP contribution in [0.3, 0.4) is 0 Å². The van der Waals surface area contributed by atoms with Crippen molar-refractivity contribution in [2.45, 2.75) is 12.8 Å². The van der Waals surface area contributed by atoms with E-state index in [0.717, 1.165) is 11.3 Å². The van der Waals surface area contributed by atoms with Gasteiger partial charge in [0.1, 0.15) is 0 Å². The van der Waals surface area contributed by atoms with Gasteiger partial charge in [-0.2, -0.15) is 5.10 Å². The van der Waals surface area contributed by atoms with Gasteiger partial charge in [-0.15, -0.1) is 0 Å². The molecule has 0 radical (unpaired) electrons. The summed E-state index contributed by atoms with van der Waals surface area (Å²) in [7, 11) is 0. The molecule has 7 heteroatoms. The van der Waals surface area contributed by atoms with Gasteiger partial charge in [0.15, 0.2) is 0 Å². The summed E-state index contributed by atoms with van der Waals surface area (Å²) >= 11 is 5.83. The summed E-state index contributed by atoms with van der Waals surface area (Å²) in [6.45, 7) is 0. The summed E-state index contributed by atoms with van der Waals surface area (Å²) in [5, 5.41) is 7.30. The Hall–Kier alpha value is -2.86. The number of carbonyl (C=O) groups excluding carboxylic acids is 2. The van der Waals surface area contributed by atoms with E-state index in [9.17, 15) is 9.59 Å². The van der Waals surface area contributed by atoms with Gasteiger partial charge >= 0.3 is 0 Å². The molecular formula is C17H15ClN4O2. The van der Waals surface area contributed by atoms with Gasteiger partial charge in [-0.25, -0.2) is 5.43 Å². The van der Waals surface area contributed by atoms with Crippen LogP contribution in [-0.2, 0) is 4.79 Å². The van der Waals surface area contributed by atoms with Crippen molar-refractivity contribution in [3.05, 3.63) is 58.6 Å². The van der Waals surface area contributed by atoms with Crippen LogP contribution in [0.25, 0.3) is 0 Å². The van der Waals surface area contributed by atoms with E-state index in [-0.39, 0.29) is 11.8 Å². The van der Waals surface area contributed by atoms with Crippen molar-refractivity contribution in [1.82, 2.24) is 5.43 Å². The standard InChI is InChI=1S/C17H15ClN4O2/c18-11-3-6-13(14(19)9-11)17(24)20-12-4-1-10(2-5-12)15-7-8-16(23)22-21-15/h1-6,9H,7-8,19H2,(H,20,24)(H,22,23). The van der Waals surface area contributed by atoms with Crippen LogP contribution in [0, 0.1) is 0 Å². The minimum Gasteiger partial charge on any atom is -0.398 e. The van der Waals surface area contributed by atoms with Crippen LogP contribution in [0.5, 0.6) is 0 Å². The molecule has 0 atom stereocenters. The second kappa shape index (κ2) is 6.72.